The van der Waals surface area contributed by atoms with Crippen LogP contribution in [0.15, 0.2) is 42.5 Å². The SMILES string of the molecule is CCCCOc1ccc(C(=O)NCc2ccc(CN3CCCC3)cc2)cc1OC. The molecule has 1 aliphatic rings. The summed E-state index contributed by atoms with van der Waals surface area (Å²) in [5.74, 6) is 1.13. The molecule has 1 amide bonds. The molecule has 1 N–H and O–H groups in total. The zero-order valence-electron chi connectivity index (χ0n) is 17.6. The van der Waals surface area contributed by atoms with E-state index < -0.39 is 0 Å². The topological polar surface area (TPSA) is 50.8 Å². The molecule has 5 nitrogen and oxygen atoms in total. The predicted molar refractivity (Wildman–Crippen MR) is 116 cm³/mol. The molecule has 1 saturated heterocycles. The lowest BCUT2D eigenvalue weighted by Gasteiger charge is -2.15. The lowest BCUT2D eigenvalue weighted by atomic mass is 10.1. The van der Waals surface area contributed by atoms with E-state index >= 15 is 0 Å². The van der Waals surface area contributed by atoms with Gasteiger partial charge in [0.2, 0.25) is 0 Å². The Labute approximate surface area is 174 Å². The van der Waals surface area contributed by atoms with E-state index in [-0.39, 0.29) is 5.91 Å². The molecule has 0 saturated carbocycles. The highest BCUT2D eigenvalue weighted by molar-refractivity contribution is 5.94. The average molecular weight is 397 g/mol. The van der Waals surface area contributed by atoms with Gasteiger partial charge in [-0.2, -0.15) is 0 Å². The van der Waals surface area contributed by atoms with Gasteiger partial charge >= 0.3 is 0 Å². The summed E-state index contributed by atoms with van der Waals surface area (Å²) in [6.07, 6.45) is 4.67. The fourth-order valence-electron chi connectivity index (χ4n) is 3.50. The molecular formula is C24H32N2O3. The maximum atomic E-state index is 12.5. The highest BCUT2D eigenvalue weighted by atomic mass is 16.5. The van der Waals surface area contributed by atoms with Crippen molar-refractivity contribution in [1.82, 2.24) is 10.2 Å². The monoisotopic (exact) mass is 396 g/mol. The largest absolute Gasteiger partial charge is 0.493 e. The van der Waals surface area contributed by atoms with Crippen LogP contribution < -0.4 is 14.8 Å². The number of amides is 1. The molecule has 1 aliphatic heterocycles. The van der Waals surface area contributed by atoms with Gasteiger partial charge in [-0.1, -0.05) is 37.6 Å². The highest BCUT2D eigenvalue weighted by Crippen LogP contribution is 2.28. The van der Waals surface area contributed by atoms with E-state index in [1.54, 1.807) is 25.3 Å². The zero-order chi connectivity index (χ0) is 20.5. The molecule has 0 spiro atoms. The van der Waals surface area contributed by atoms with Crippen molar-refractivity contribution in [2.45, 2.75) is 45.7 Å². The van der Waals surface area contributed by atoms with Crippen LogP contribution in [-0.4, -0.2) is 37.6 Å². The van der Waals surface area contributed by atoms with Gasteiger partial charge in [-0.3, -0.25) is 9.69 Å². The number of methoxy groups -OCH3 is 1. The number of carbonyl (C=O) groups excluding carboxylic acids is 1. The van der Waals surface area contributed by atoms with Crippen molar-refractivity contribution in [3.63, 3.8) is 0 Å². The molecule has 156 valence electrons. The first-order valence-corrected chi connectivity index (χ1v) is 10.6. The fourth-order valence-corrected chi connectivity index (χ4v) is 3.50. The van der Waals surface area contributed by atoms with Gasteiger partial charge in [0.15, 0.2) is 11.5 Å². The summed E-state index contributed by atoms with van der Waals surface area (Å²) in [5, 5.41) is 2.99. The third-order valence-electron chi connectivity index (χ3n) is 5.26. The summed E-state index contributed by atoms with van der Waals surface area (Å²) in [5.41, 5.74) is 2.98. The van der Waals surface area contributed by atoms with Gasteiger partial charge in [-0.25, -0.2) is 0 Å². The first kappa shape index (κ1) is 21.2. The van der Waals surface area contributed by atoms with E-state index in [1.807, 2.05) is 0 Å². The first-order chi connectivity index (χ1) is 14.2. The molecule has 0 atom stereocenters. The predicted octanol–water partition coefficient (Wildman–Crippen LogP) is 4.40. The van der Waals surface area contributed by atoms with Crippen molar-refractivity contribution in [1.29, 1.82) is 0 Å². The van der Waals surface area contributed by atoms with Crippen LogP contribution in [0, 0.1) is 0 Å². The fraction of sp³-hybridized carbons (Fsp3) is 0.458. The summed E-state index contributed by atoms with van der Waals surface area (Å²) in [6, 6.07) is 13.8. The summed E-state index contributed by atoms with van der Waals surface area (Å²) in [6.45, 7) is 6.67. The minimum Gasteiger partial charge on any atom is -0.493 e. The smallest absolute Gasteiger partial charge is 0.251 e. The summed E-state index contributed by atoms with van der Waals surface area (Å²) < 4.78 is 11.1. The van der Waals surface area contributed by atoms with Crippen LogP contribution in [0.2, 0.25) is 0 Å². The number of rotatable bonds is 10. The van der Waals surface area contributed by atoms with Gasteiger partial charge in [0.1, 0.15) is 0 Å². The number of unbranched alkanes of at least 4 members (excludes halogenated alkanes) is 1. The maximum absolute atomic E-state index is 12.5. The van der Waals surface area contributed by atoms with Crippen molar-refractivity contribution in [2.24, 2.45) is 0 Å². The van der Waals surface area contributed by atoms with Crippen LogP contribution in [0.5, 0.6) is 11.5 Å². The average Bonchev–Trinajstić information content (AvgIpc) is 3.26. The van der Waals surface area contributed by atoms with Gasteiger partial charge in [0.05, 0.1) is 13.7 Å². The Balaban J connectivity index is 1.53. The van der Waals surface area contributed by atoms with E-state index in [4.69, 9.17) is 9.47 Å². The molecule has 1 fully saturated rings. The quantitative estimate of drug-likeness (QED) is 0.605. The Morgan fingerprint density at radius 2 is 1.76 bits per heavy atom. The van der Waals surface area contributed by atoms with Gasteiger partial charge in [0, 0.05) is 18.7 Å². The Hall–Kier alpha value is -2.53. The Morgan fingerprint density at radius 3 is 2.45 bits per heavy atom. The van der Waals surface area contributed by atoms with Crippen LogP contribution in [-0.2, 0) is 13.1 Å². The van der Waals surface area contributed by atoms with Gasteiger partial charge < -0.3 is 14.8 Å². The number of nitrogens with one attached hydrogen (secondary N) is 1. The second-order valence-electron chi connectivity index (χ2n) is 7.55. The summed E-state index contributed by atoms with van der Waals surface area (Å²) in [4.78, 5) is 15.0. The molecule has 0 unspecified atom stereocenters. The lowest BCUT2D eigenvalue weighted by molar-refractivity contribution is 0.0950. The molecule has 0 aromatic heterocycles. The molecular weight excluding hydrogens is 364 g/mol. The molecule has 2 aromatic rings. The van der Waals surface area contributed by atoms with Gasteiger partial charge in [0.25, 0.3) is 5.91 Å². The molecule has 2 aromatic carbocycles. The van der Waals surface area contributed by atoms with Crippen molar-refractivity contribution in [2.75, 3.05) is 26.8 Å². The van der Waals surface area contributed by atoms with Crippen LogP contribution in [0.3, 0.4) is 0 Å². The van der Waals surface area contributed by atoms with Gasteiger partial charge in [-0.15, -0.1) is 0 Å². The molecule has 5 heteroatoms. The molecule has 0 aliphatic carbocycles. The van der Waals surface area contributed by atoms with E-state index in [0.717, 1.165) is 24.9 Å². The normalized spacial score (nSPS) is 14.0. The summed E-state index contributed by atoms with van der Waals surface area (Å²) in [7, 11) is 1.59. The second-order valence-corrected chi connectivity index (χ2v) is 7.55. The number of nitrogens with zero attached hydrogens (tertiary/aromatic N) is 1. The maximum Gasteiger partial charge on any atom is 0.251 e. The van der Waals surface area contributed by atoms with Crippen molar-refractivity contribution in [3.8, 4) is 11.5 Å². The minimum absolute atomic E-state index is 0.121. The number of benzene rings is 2. The Kier molecular flexibility index (Phi) is 7.94. The van der Waals surface area contributed by atoms with Gasteiger partial charge in [-0.05, 0) is 61.7 Å². The van der Waals surface area contributed by atoms with Crippen LogP contribution in [0.1, 0.15) is 54.1 Å². The Bertz CT molecular complexity index is 783. The molecule has 29 heavy (non-hydrogen) atoms. The lowest BCUT2D eigenvalue weighted by Crippen LogP contribution is -2.23. The van der Waals surface area contributed by atoms with Crippen LogP contribution >= 0.6 is 0 Å². The number of ether oxygens (including phenoxy) is 2. The molecule has 0 bridgehead atoms. The van der Waals surface area contributed by atoms with E-state index in [1.165, 1.54) is 31.5 Å². The zero-order valence-corrected chi connectivity index (χ0v) is 17.6. The Morgan fingerprint density at radius 1 is 1.03 bits per heavy atom. The van der Waals surface area contributed by atoms with E-state index in [9.17, 15) is 4.79 Å². The number of likely N-dealkylation sites (tertiary alicyclic amines) is 1. The molecule has 3 rings (SSSR count). The van der Waals surface area contributed by atoms with Crippen molar-refractivity contribution < 1.29 is 14.3 Å². The number of hydrogen-bond acceptors (Lipinski definition) is 4. The first-order valence-electron chi connectivity index (χ1n) is 10.6. The van der Waals surface area contributed by atoms with Crippen LogP contribution in [0.4, 0.5) is 0 Å². The van der Waals surface area contributed by atoms with Crippen molar-refractivity contribution >= 4 is 5.91 Å². The standard InChI is InChI=1S/C24H32N2O3/c1-3-4-15-29-22-12-11-21(16-23(22)28-2)24(27)25-17-19-7-9-20(10-8-19)18-26-13-5-6-14-26/h7-12,16H,3-6,13-15,17-18H2,1-2H3,(H,25,27). The van der Waals surface area contributed by atoms with E-state index in [0.29, 0.717) is 30.2 Å². The number of hydrogen-bond donors (Lipinski definition) is 1. The second kappa shape index (κ2) is 10.9. The molecule has 0 radical (unpaired) electrons. The number of carbonyl (C=O) groups is 1. The van der Waals surface area contributed by atoms with Crippen molar-refractivity contribution in [3.05, 3.63) is 59.2 Å². The van der Waals surface area contributed by atoms with E-state index in [2.05, 4.69) is 41.4 Å². The van der Waals surface area contributed by atoms with Crippen LogP contribution in [0.25, 0.3) is 0 Å². The third-order valence-corrected chi connectivity index (χ3v) is 5.26. The third kappa shape index (κ3) is 6.23. The highest BCUT2D eigenvalue weighted by Gasteiger charge is 2.13. The molecule has 1 heterocycles. The summed E-state index contributed by atoms with van der Waals surface area (Å²) >= 11 is 0. The minimum atomic E-state index is -0.121.